The Morgan fingerprint density at radius 3 is 2.81 bits per heavy atom. The first-order valence-corrected chi connectivity index (χ1v) is 9.52. The molecular weight excluding hydrogens is 342 g/mol. The summed E-state index contributed by atoms with van der Waals surface area (Å²) in [5.41, 5.74) is 1.68. The fraction of sp³-hybridized carbons (Fsp3) is 0.450. The maximum absolute atomic E-state index is 12.1. The van der Waals surface area contributed by atoms with E-state index in [1.54, 1.807) is 23.1 Å². The maximum Gasteiger partial charge on any atom is 0.246 e. The van der Waals surface area contributed by atoms with Crippen LogP contribution in [0.4, 0.5) is 5.69 Å². The summed E-state index contributed by atoms with van der Waals surface area (Å²) in [4.78, 5) is 24.1. The molecule has 1 fully saturated rings. The van der Waals surface area contributed by atoms with Crippen LogP contribution in [0, 0.1) is 5.92 Å². The van der Waals surface area contributed by atoms with Crippen molar-refractivity contribution in [3.63, 3.8) is 0 Å². The fourth-order valence-electron chi connectivity index (χ4n) is 3.30. The van der Waals surface area contributed by atoms with E-state index in [0.29, 0.717) is 24.6 Å². The second-order valence-electron chi connectivity index (χ2n) is 6.96. The Morgan fingerprint density at radius 1 is 1.19 bits per heavy atom. The third-order valence-electron chi connectivity index (χ3n) is 4.80. The van der Waals surface area contributed by atoms with Crippen LogP contribution in [-0.2, 0) is 22.7 Å². The number of aromatic nitrogens is 2. The number of amides is 2. The molecule has 0 spiro atoms. The van der Waals surface area contributed by atoms with E-state index in [1.165, 1.54) is 0 Å². The molecule has 0 aliphatic carbocycles. The molecule has 3 N–H and O–H groups in total. The van der Waals surface area contributed by atoms with E-state index in [-0.39, 0.29) is 18.4 Å². The Balaban J connectivity index is 1.41. The van der Waals surface area contributed by atoms with Crippen molar-refractivity contribution in [1.29, 1.82) is 0 Å². The average Bonchev–Trinajstić information content (AvgIpc) is 3.18. The summed E-state index contributed by atoms with van der Waals surface area (Å²) >= 11 is 0. The van der Waals surface area contributed by atoms with Gasteiger partial charge in [0.2, 0.25) is 11.8 Å². The topological polar surface area (TPSA) is 88.0 Å². The predicted octanol–water partition coefficient (Wildman–Crippen LogP) is 1.92. The minimum absolute atomic E-state index is 0.0849. The summed E-state index contributed by atoms with van der Waals surface area (Å²) in [6.45, 7) is 2.76. The van der Waals surface area contributed by atoms with Crippen molar-refractivity contribution in [2.24, 2.45) is 5.92 Å². The normalized spacial score (nSPS) is 14.7. The molecule has 1 aliphatic heterocycles. The lowest BCUT2D eigenvalue weighted by Crippen LogP contribution is -2.29. The van der Waals surface area contributed by atoms with Crippen LogP contribution in [-0.4, -0.2) is 34.7 Å². The van der Waals surface area contributed by atoms with Gasteiger partial charge in [-0.25, -0.2) is 0 Å². The van der Waals surface area contributed by atoms with Gasteiger partial charge in [-0.15, -0.1) is 0 Å². The zero-order valence-electron chi connectivity index (χ0n) is 15.5. The van der Waals surface area contributed by atoms with E-state index in [1.807, 2.05) is 24.3 Å². The van der Waals surface area contributed by atoms with Crippen molar-refractivity contribution in [3.8, 4) is 0 Å². The second kappa shape index (κ2) is 9.87. The van der Waals surface area contributed by atoms with E-state index in [0.717, 1.165) is 37.9 Å². The first-order chi connectivity index (χ1) is 13.2. The van der Waals surface area contributed by atoms with E-state index < -0.39 is 0 Å². The van der Waals surface area contributed by atoms with E-state index in [2.05, 4.69) is 21.0 Å². The van der Waals surface area contributed by atoms with E-state index in [4.69, 9.17) is 0 Å². The molecule has 0 bridgehead atoms. The van der Waals surface area contributed by atoms with Crippen LogP contribution >= 0.6 is 0 Å². The third-order valence-corrected chi connectivity index (χ3v) is 4.80. The van der Waals surface area contributed by atoms with Crippen molar-refractivity contribution >= 4 is 17.5 Å². The lowest BCUT2D eigenvalue weighted by molar-refractivity contribution is -0.121. The summed E-state index contributed by atoms with van der Waals surface area (Å²) in [7, 11) is 0. The number of nitrogens with one attached hydrogen (secondary N) is 3. The van der Waals surface area contributed by atoms with Gasteiger partial charge in [0, 0.05) is 31.0 Å². The van der Waals surface area contributed by atoms with Crippen LogP contribution in [0.3, 0.4) is 0 Å². The number of hydrogen-bond donors (Lipinski definition) is 3. The highest BCUT2D eigenvalue weighted by atomic mass is 16.2. The lowest BCUT2D eigenvalue weighted by atomic mass is 9.93. The number of carbonyl (C=O) groups excluding carboxylic acids is 2. The van der Waals surface area contributed by atoms with Gasteiger partial charge >= 0.3 is 0 Å². The van der Waals surface area contributed by atoms with Crippen molar-refractivity contribution < 1.29 is 9.59 Å². The molecule has 1 aromatic heterocycles. The van der Waals surface area contributed by atoms with Crippen LogP contribution in [0.5, 0.6) is 0 Å². The number of piperidine rings is 1. The number of hydrogen-bond acceptors (Lipinski definition) is 4. The van der Waals surface area contributed by atoms with Crippen LogP contribution < -0.4 is 16.0 Å². The third kappa shape index (κ3) is 6.53. The van der Waals surface area contributed by atoms with Gasteiger partial charge in [-0.05, 0) is 62.0 Å². The lowest BCUT2D eigenvalue weighted by Gasteiger charge is -2.22. The minimum Gasteiger partial charge on any atom is -0.352 e. The van der Waals surface area contributed by atoms with Gasteiger partial charge in [0.1, 0.15) is 6.54 Å². The van der Waals surface area contributed by atoms with Crippen LogP contribution in [0.2, 0.25) is 0 Å². The molecule has 2 amide bonds. The van der Waals surface area contributed by atoms with Gasteiger partial charge in [-0.3, -0.25) is 14.3 Å². The monoisotopic (exact) mass is 369 g/mol. The van der Waals surface area contributed by atoms with Crippen molar-refractivity contribution in [1.82, 2.24) is 20.4 Å². The van der Waals surface area contributed by atoms with Gasteiger partial charge < -0.3 is 16.0 Å². The molecule has 1 aromatic carbocycles. The molecule has 7 nitrogen and oxygen atoms in total. The molecule has 27 heavy (non-hydrogen) atoms. The largest absolute Gasteiger partial charge is 0.352 e. The smallest absolute Gasteiger partial charge is 0.246 e. The quantitative estimate of drug-likeness (QED) is 0.663. The van der Waals surface area contributed by atoms with Crippen molar-refractivity contribution in [2.45, 2.75) is 38.8 Å². The molecular formula is C20H27N5O2. The Hall–Kier alpha value is -2.67. The maximum atomic E-state index is 12.1. The number of anilines is 1. The Labute approximate surface area is 159 Å². The molecule has 0 saturated carbocycles. The molecule has 144 valence electrons. The highest BCUT2D eigenvalue weighted by molar-refractivity contribution is 5.90. The number of carbonyl (C=O) groups is 2. The van der Waals surface area contributed by atoms with E-state index in [9.17, 15) is 9.59 Å². The first-order valence-electron chi connectivity index (χ1n) is 9.52. The highest BCUT2D eigenvalue weighted by Crippen LogP contribution is 2.17. The fourth-order valence-corrected chi connectivity index (χ4v) is 3.30. The summed E-state index contributed by atoms with van der Waals surface area (Å²) in [5, 5.41) is 13.2. The Kier molecular flexibility index (Phi) is 6.98. The first kappa shape index (κ1) is 19.1. The molecule has 2 heterocycles. The summed E-state index contributed by atoms with van der Waals surface area (Å²) in [5.74, 6) is 0.605. The Bertz CT molecular complexity index is 739. The van der Waals surface area contributed by atoms with Gasteiger partial charge in [0.25, 0.3) is 0 Å². The highest BCUT2D eigenvalue weighted by Gasteiger charge is 2.14. The number of rotatable bonds is 8. The van der Waals surface area contributed by atoms with Gasteiger partial charge in [-0.2, -0.15) is 5.10 Å². The molecule has 0 radical (unpaired) electrons. The molecule has 3 rings (SSSR count). The van der Waals surface area contributed by atoms with Crippen LogP contribution in [0.25, 0.3) is 0 Å². The zero-order valence-corrected chi connectivity index (χ0v) is 15.5. The molecule has 0 unspecified atom stereocenters. The van der Waals surface area contributed by atoms with Crippen molar-refractivity contribution in [2.75, 3.05) is 18.4 Å². The summed E-state index contributed by atoms with van der Waals surface area (Å²) in [6, 6.07) is 9.31. The SMILES string of the molecule is O=C(CCC1CCNCC1)NCc1cccc(NC(=O)Cn2cccn2)c1. The van der Waals surface area contributed by atoms with Crippen LogP contribution in [0.15, 0.2) is 42.7 Å². The molecule has 1 saturated heterocycles. The number of benzene rings is 1. The summed E-state index contributed by atoms with van der Waals surface area (Å²) in [6.07, 6.45) is 7.24. The Morgan fingerprint density at radius 2 is 2.04 bits per heavy atom. The molecule has 7 heteroatoms. The van der Waals surface area contributed by atoms with Gasteiger partial charge in [0.05, 0.1) is 0 Å². The van der Waals surface area contributed by atoms with Gasteiger partial charge in [0.15, 0.2) is 0 Å². The van der Waals surface area contributed by atoms with Crippen molar-refractivity contribution in [3.05, 3.63) is 48.3 Å². The standard InChI is InChI=1S/C20H27N5O2/c26-19(6-5-16-7-10-21-11-8-16)22-14-17-3-1-4-18(13-17)24-20(27)15-25-12-2-9-23-25/h1-4,9,12-13,16,21H,5-8,10-11,14-15H2,(H,22,26)(H,24,27). The zero-order chi connectivity index (χ0) is 18.9. The minimum atomic E-state index is -0.137. The average molecular weight is 369 g/mol. The predicted molar refractivity (Wildman–Crippen MR) is 104 cm³/mol. The summed E-state index contributed by atoms with van der Waals surface area (Å²) < 4.78 is 1.57. The molecule has 2 aromatic rings. The van der Waals surface area contributed by atoms with Gasteiger partial charge in [-0.1, -0.05) is 12.1 Å². The molecule has 0 atom stereocenters. The van der Waals surface area contributed by atoms with Crippen LogP contribution in [0.1, 0.15) is 31.2 Å². The number of nitrogens with zero attached hydrogens (tertiary/aromatic N) is 2. The molecule has 1 aliphatic rings. The second-order valence-corrected chi connectivity index (χ2v) is 6.96. The van der Waals surface area contributed by atoms with E-state index >= 15 is 0 Å².